The maximum atomic E-state index is 2.36. The fraction of sp³-hybridized carbons (Fsp3) is 0.143. The van der Waals surface area contributed by atoms with E-state index in [2.05, 4.69) is 73.7 Å². The number of aryl methyl sites for hydroxylation is 1. The first-order valence-corrected chi connectivity index (χ1v) is 7.59. The zero-order valence-corrected chi connectivity index (χ0v) is 12.3. The second-order valence-electron chi connectivity index (χ2n) is 5.97. The van der Waals surface area contributed by atoms with Crippen molar-refractivity contribution >= 4 is 16.8 Å². The molecule has 21 heavy (non-hydrogen) atoms. The Bertz CT molecular complexity index is 853. The summed E-state index contributed by atoms with van der Waals surface area (Å²) in [7, 11) is 0. The highest BCUT2D eigenvalue weighted by Crippen LogP contribution is 2.30. The normalized spacial score (nSPS) is 13.9. The first-order valence-electron chi connectivity index (χ1n) is 7.59. The molecule has 0 heteroatoms. The van der Waals surface area contributed by atoms with Crippen LogP contribution in [0.15, 0.2) is 66.2 Å². The SMILES string of the molecule is CC1=Cc2ccc(-c3ccc4ccccc4c3)cc2CC1. The zero-order chi connectivity index (χ0) is 14.2. The second kappa shape index (κ2) is 4.89. The molecule has 0 N–H and O–H groups in total. The number of rotatable bonds is 1. The maximum Gasteiger partial charge on any atom is -0.0178 e. The van der Waals surface area contributed by atoms with Crippen LogP contribution in [-0.2, 0) is 6.42 Å². The standard InChI is InChI=1S/C21H18/c1-15-6-7-19-14-21(11-10-18(19)12-15)20-9-8-16-4-2-3-5-17(16)13-20/h2-5,8-14H,6-7H2,1H3. The number of allylic oxidation sites excluding steroid dienone is 1. The minimum atomic E-state index is 1.17. The van der Waals surface area contributed by atoms with E-state index < -0.39 is 0 Å². The number of hydrogen-bond donors (Lipinski definition) is 0. The molecule has 0 saturated heterocycles. The van der Waals surface area contributed by atoms with E-state index in [1.807, 2.05) is 0 Å². The largest absolute Gasteiger partial charge is 0.0724 e. The second-order valence-corrected chi connectivity index (χ2v) is 5.97. The van der Waals surface area contributed by atoms with Crippen LogP contribution >= 0.6 is 0 Å². The van der Waals surface area contributed by atoms with Crippen LogP contribution in [0.5, 0.6) is 0 Å². The lowest BCUT2D eigenvalue weighted by Gasteiger charge is -2.15. The maximum absolute atomic E-state index is 2.36. The minimum absolute atomic E-state index is 1.17. The first-order chi connectivity index (χ1) is 10.3. The van der Waals surface area contributed by atoms with E-state index in [-0.39, 0.29) is 0 Å². The van der Waals surface area contributed by atoms with E-state index in [0.717, 1.165) is 0 Å². The molecule has 0 amide bonds. The van der Waals surface area contributed by atoms with E-state index in [1.54, 1.807) is 0 Å². The van der Waals surface area contributed by atoms with Crippen molar-refractivity contribution < 1.29 is 0 Å². The molecule has 0 unspecified atom stereocenters. The van der Waals surface area contributed by atoms with E-state index in [0.29, 0.717) is 0 Å². The van der Waals surface area contributed by atoms with Crippen molar-refractivity contribution in [2.45, 2.75) is 19.8 Å². The van der Waals surface area contributed by atoms with Crippen LogP contribution in [0, 0.1) is 0 Å². The summed E-state index contributed by atoms with van der Waals surface area (Å²) < 4.78 is 0. The lowest BCUT2D eigenvalue weighted by molar-refractivity contribution is 0.928. The Hall–Kier alpha value is -2.34. The van der Waals surface area contributed by atoms with E-state index in [4.69, 9.17) is 0 Å². The summed E-state index contributed by atoms with van der Waals surface area (Å²) in [5.74, 6) is 0. The topological polar surface area (TPSA) is 0 Å². The monoisotopic (exact) mass is 270 g/mol. The fourth-order valence-electron chi connectivity index (χ4n) is 3.18. The van der Waals surface area contributed by atoms with Gasteiger partial charge in [0, 0.05) is 0 Å². The van der Waals surface area contributed by atoms with Gasteiger partial charge >= 0.3 is 0 Å². The molecule has 0 bridgehead atoms. The van der Waals surface area contributed by atoms with Gasteiger partial charge in [-0.3, -0.25) is 0 Å². The van der Waals surface area contributed by atoms with Crippen molar-refractivity contribution in [1.82, 2.24) is 0 Å². The molecule has 0 nitrogen and oxygen atoms in total. The molecule has 3 aromatic rings. The first kappa shape index (κ1) is 12.4. The van der Waals surface area contributed by atoms with E-state index in [1.165, 1.54) is 51.4 Å². The molecule has 0 aliphatic heterocycles. The van der Waals surface area contributed by atoms with Gasteiger partial charge in [-0.25, -0.2) is 0 Å². The Morgan fingerprint density at radius 1 is 0.714 bits per heavy atom. The van der Waals surface area contributed by atoms with Gasteiger partial charge in [0.25, 0.3) is 0 Å². The van der Waals surface area contributed by atoms with Gasteiger partial charge < -0.3 is 0 Å². The lowest BCUT2D eigenvalue weighted by atomic mass is 9.90. The smallest absolute Gasteiger partial charge is 0.0178 e. The zero-order valence-electron chi connectivity index (χ0n) is 12.3. The van der Waals surface area contributed by atoms with Crippen molar-refractivity contribution in [3.8, 4) is 11.1 Å². The van der Waals surface area contributed by atoms with Crippen molar-refractivity contribution in [1.29, 1.82) is 0 Å². The molecule has 1 aliphatic carbocycles. The van der Waals surface area contributed by atoms with Crippen molar-refractivity contribution in [3.63, 3.8) is 0 Å². The molecule has 3 aromatic carbocycles. The Balaban J connectivity index is 1.82. The van der Waals surface area contributed by atoms with Gasteiger partial charge in [-0.05, 0) is 58.9 Å². The average molecular weight is 270 g/mol. The molecule has 0 fully saturated rings. The highest BCUT2D eigenvalue weighted by Gasteiger charge is 2.09. The van der Waals surface area contributed by atoms with Crippen LogP contribution in [0.4, 0.5) is 0 Å². The summed E-state index contributed by atoms with van der Waals surface area (Å²) in [5.41, 5.74) is 6.99. The minimum Gasteiger partial charge on any atom is -0.0724 e. The molecular weight excluding hydrogens is 252 g/mol. The predicted molar refractivity (Wildman–Crippen MR) is 91.4 cm³/mol. The van der Waals surface area contributed by atoms with Gasteiger partial charge in [0.05, 0.1) is 0 Å². The molecule has 0 spiro atoms. The highest BCUT2D eigenvalue weighted by atomic mass is 14.1. The van der Waals surface area contributed by atoms with Crippen LogP contribution in [0.2, 0.25) is 0 Å². The third kappa shape index (κ3) is 2.27. The molecule has 0 aromatic heterocycles. The van der Waals surface area contributed by atoms with Crippen LogP contribution in [0.1, 0.15) is 24.5 Å². The summed E-state index contributed by atoms with van der Waals surface area (Å²) in [6.45, 7) is 2.22. The summed E-state index contributed by atoms with van der Waals surface area (Å²) in [4.78, 5) is 0. The van der Waals surface area contributed by atoms with Crippen LogP contribution in [-0.4, -0.2) is 0 Å². The highest BCUT2D eigenvalue weighted by molar-refractivity contribution is 5.87. The predicted octanol–water partition coefficient (Wildman–Crippen LogP) is 5.86. The molecule has 0 radical (unpaired) electrons. The summed E-state index contributed by atoms with van der Waals surface area (Å²) in [5, 5.41) is 2.61. The van der Waals surface area contributed by atoms with E-state index >= 15 is 0 Å². The Labute approximate surface area is 125 Å². The Morgan fingerprint density at radius 2 is 1.48 bits per heavy atom. The van der Waals surface area contributed by atoms with Gasteiger partial charge in [0.2, 0.25) is 0 Å². The molecule has 1 aliphatic rings. The van der Waals surface area contributed by atoms with Crippen LogP contribution in [0.25, 0.3) is 28.0 Å². The molecule has 0 atom stereocenters. The van der Waals surface area contributed by atoms with E-state index in [9.17, 15) is 0 Å². The van der Waals surface area contributed by atoms with Gasteiger partial charge in [-0.2, -0.15) is 0 Å². The van der Waals surface area contributed by atoms with Crippen LogP contribution in [0.3, 0.4) is 0 Å². The molecule has 0 heterocycles. The number of hydrogen-bond acceptors (Lipinski definition) is 0. The molecular formula is C21H18. The molecule has 0 saturated carbocycles. The fourth-order valence-corrected chi connectivity index (χ4v) is 3.18. The van der Waals surface area contributed by atoms with Gasteiger partial charge in [-0.1, -0.05) is 66.2 Å². The number of fused-ring (bicyclic) bond motifs is 2. The van der Waals surface area contributed by atoms with Gasteiger partial charge in [0.1, 0.15) is 0 Å². The average Bonchev–Trinajstić information content (AvgIpc) is 2.54. The number of benzene rings is 3. The van der Waals surface area contributed by atoms with Crippen molar-refractivity contribution in [3.05, 3.63) is 77.4 Å². The van der Waals surface area contributed by atoms with Gasteiger partial charge in [0.15, 0.2) is 0 Å². The Kier molecular flexibility index (Phi) is 2.89. The molecule has 4 rings (SSSR count). The lowest BCUT2D eigenvalue weighted by Crippen LogP contribution is -1.97. The quantitative estimate of drug-likeness (QED) is 0.520. The van der Waals surface area contributed by atoms with Crippen LogP contribution < -0.4 is 0 Å². The van der Waals surface area contributed by atoms with Crippen molar-refractivity contribution in [2.24, 2.45) is 0 Å². The summed E-state index contributed by atoms with van der Waals surface area (Å²) in [6, 6.07) is 22.2. The Morgan fingerprint density at radius 3 is 2.38 bits per heavy atom. The third-order valence-corrected chi connectivity index (χ3v) is 4.42. The van der Waals surface area contributed by atoms with Gasteiger partial charge in [-0.15, -0.1) is 0 Å². The summed E-state index contributed by atoms with van der Waals surface area (Å²) in [6.07, 6.45) is 4.68. The molecule has 102 valence electrons. The summed E-state index contributed by atoms with van der Waals surface area (Å²) >= 11 is 0. The third-order valence-electron chi connectivity index (χ3n) is 4.42. The van der Waals surface area contributed by atoms with Crippen molar-refractivity contribution in [2.75, 3.05) is 0 Å².